The summed E-state index contributed by atoms with van der Waals surface area (Å²) in [6.07, 6.45) is 0. The van der Waals surface area contributed by atoms with Gasteiger partial charge in [0.15, 0.2) is 11.5 Å². The van der Waals surface area contributed by atoms with Gasteiger partial charge in [0, 0.05) is 27.1 Å². The number of hydrogen-bond donors (Lipinski definition) is 2. The summed E-state index contributed by atoms with van der Waals surface area (Å²) in [6.45, 7) is 4.89. The molecular formula is C19H23BrClNO3. The van der Waals surface area contributed by atoms with E-state index in [-0.39, 0.29) is 12.1 Å². The highest BCUT2D eigenvalue weighted by Crippen LogP contribution is 2.34. The summed E-state index contributed by atoms with van der Waals surface area (Å²) in [6, 6.07) is 11.4. The Labute approximate surface area is 162 Å². The topological polar surface area (TPSA) is 50.7 Å². The number of benzene rings is 2. The molecule has 0 fully saturated rings. The molecule has 0 spiro atoms. The first-order valence-electron chi connectivity index (χ1n) is 7.95. The minimum atomic E-state index is -0.355. The highest BCUT2D eigenvalue weighted by atomic mass is 79.9. The molecule has 6 heteroatoms. The Morgan fingerprint density at radius 3 is 2.52 bits per heavy atom. The maximum Gasteiger partial charge on any atom is 0.162 e. The number of hydrogen-bond acceptors (Lipinski definition) is 4. The second kappa shape index (κ2) is 8.90. The van der Waals surface area contributed by atoms with Crippen molar-refractivity contribution in [3.8, 4) is 11.5 Å². The standard InChI is InChI=1S/C19H23BrClNO3/c1-19(2,12-23)22-10-14-8-17(24-3)18(9-15(14)20)25-11-13-6-4-5-7-16(13)21/h4-9,22-23H,10-12H2,1-3H3. The summed E-state index contributed by atoms with van der Waals surface area (Å²) >= 11 is 9.75. The second-order valence-corrected chi connectivity index (χ2v) is 7.63. The Morgan fingerprint density at radius 2 is 1.88 bits per heavy atom. The number of methoxy groups -OCH3 is 1. The zero-order valence-electron chi connectivity index (χ0n) is 14.6. The van der Waals surface area contributed by atoms with Crippen LogP contribution < -0.4 is 14.8 Å². The Hall–Kier alpha value is -1.27. The fourth-order valence-electron chi connectivity index (χ4n) is 2.15. The Balaban J connectivity index is 2.14. The van der Waals surface area contributed by atoms with E-state index in [1.54, 1.807) is 7.11 Å². The number of halogens is 2. The first-order valence-corrected chi connectivity index (χ1v) is 9.12. The van der Waals surface area contributed by atoms with Crippen LogP contribution in [-0.4, -0.2) is 24.4 Å². The third kappa shape index (κ3) is 5.61. The molecule has 0 amide bonds. The third-order valence-corrected chi connectivity index (χ3v) is 4.93. The molecule has 0 aliphatic heterocycles. The summed E-state index contributed by atoms with van der Waals surface area (Å²) in [5.41, 5.74) is 1.58. The van der Waals surface area contributed by atoms with E-state index >= 15 is 0 Å². The van der Waals surface area contributed by atoms with Crippen LogP contribution in [0.5, 0.6) is 11.5 Å². The van der Waals surface area contributed by atoms with Crippen LogP contribution in [0.25, 0.3) is 0 Å². The molecule has 0 radical (unpaired) electrons. The van der Waals surface area contributed by atoms with Crippen molar-refractivity contribution in [1.29, 1.82) is 0 Å². The molecule has 0 unspecified atom stereocenters. The van der Waals surface area contributed by atoms with E-state index in [4.69, 9.17) is 21.1 Å². The molecule has 2 rings (SSSR count). The molecule has 4 nitrogen and oxygen atoms in total. The molecule has 0 heterocycles. The molecule has 0 aromatic heterocycles. The summed E-state index contributed by atoms with van der Waals surface area (Å²) in [5, 5.41) is 13.3. The van der Waals surface area contributed by atoms with Crippen molar-refractivity contribution in [2.45, 2.75) is 32.5 Å². The highest BCUT2D eigenvalue weighted by molar-refractivity contribution is 9.10. The number of ether oxygens (including phenoxy) is 2. The minimum Gasteiger partial charge on any atom is -0.493 e. The summed E-state index contributed by atoms with van der Waals surface area (Å²) in [7, 11) is 1.61. The van der Waals surface area contributed by atoms with E-state index in [9.17, 15) is 5.11 Å². The third-order valence-electron chi connectivity index (χ3n) is 3.83. The van der Waals surface area contributed by atoms with Crippen LogP contribution >= 0.6 is 27.5 Å². The fourth-order valence-corrected chi connectivity index (χ4v) is 2.80. The molecule has 2 aromatic carbocycles. The van der Waals surface area contributed by atoms with Crippen molar-refractivity contribution in [2.75, 3.05) is 13.7 Å². The Morgan fingerprint density at radius 1 is 1.16 bits per heavy atom. The highest BCUT2D eigenvalue weighted by Gasteiger charge is 2.17. The largest absolute Gasteiger partial charge is 0.493 e. The van der Waals surface area contributed by atoms with Crippen molar-refractivity contribution < 1.29 is 14.6 Å². The normalized spacial score (nSPS) is 11.4. The Kier molecular flexibility index (Phi) is 7.14. The van der Waals surface area contributed by atoms with E-state index in [0.717, 1.165) is 15.6 Å². The molecule has 0 atom stereocenters. The van der Waals surface area contributed by atoms with Gasteiger partial charge in [0.2, 0.25) is 0 Å². The molecule has 25 heavy (non-hydrogen) atoms. The first kappa shape index (κ1) is 20.0. The summed E-state index contributed by atoms with van der Waals surface area (Å²) in [4.78, 5) is 0. The fraction of sp³-hybridized carbons (Fsp3) is 0.368. The summed E-state index contributed by atoms with van der Waals surface area (Å²) < 4.78 is 12.3. The van der Waals surface area contributed by atoms with Crippen molar-refractivity contribution in [3.63, 3.8) is 0 Å². The molecule has 0 aliphatic rings. The minimum absolute atomic E-state index is 0.0563. The SMILES string of the molecule is COc1cc(CNC(C)(C)CO)c(Br)cc1OCc1ccccc1Cl. The average Bonchev–Trinajstić information content (AvgIpc) is 2.60. The average molecular weight is 429 g/mol. The van der Waals surface area contributed by atoms with Gasteiger partial charge < -0.3 is 19.9 Å². The number of rotatable bonds is 8. The van der Waals surface area contributed by atoms with Gasteiger partial charge in [-0.25, -0.2) is 0 Å². The van der Waals surface area contributed by atoms with Crippen molar-refractivity contribution in [3.05, 3.63) is 57.0 Å². The molecule has 0 saturated carbocycles. The smallest absolute Gasteiger partial charge is 0.162 e. The molecule has 0 aliphatic carbocycles. The van der Waals surface area contributed by atoms with Gasteiger partial charge in [-0.3, -0.25) is 0 Å². The molecule has 0 bridgehead atoms. The van der Waals surface area contributed by atoms with E-state index in [0.29, 0.717) is 29.7 Å². The van der Waals surface area contributed by atoms with Gasteiger partial charge in [-0.1, -0.05) is 45.7 Å². The van der Waals surface area contributed by atoms with E-state index in [1.165, 1.54) is 0 Å². The van der Waals surface area contributed by atoms with E-state index in [1.807, 2.05) is 50.2 Å². The quantitative estimate of drug-likeness (QED) is 0.647. The van der Waals surface area contributed by atoms with Gasteiger partial charge in [-0.15, -0.1) is 0 Å². The second-order valence-electron chi connectivity index (χ2n) is 6.37. The lowest BCUT2D eigenvalue weighted by Crippen LogP contribution is -2.42. The number of nitrogens with one attached hydrogen (secondary N) is 1. The van der Waals surface area contributed by atoms with Gasteiger partial charge in [0.1, 0.15) is 6.61 Å². The zero-order chi connectivity index (χ0) is 18.4. The zero-order valence-corrected chi connectivity index (χ0v) is 16.9. The molecule has 2 N–H and O–H groups in total. The van der Waals surface area contributed by atoms with Gasteiger partial charge in [-0.2, -0.15) is 0 Å². The van der Waals surface area contributed by atoms with Gasteiger partial charge in [0.05, 0.1) is 13.7 Å². The van der Waals surface area contributed by atoms with Crippen LogP contribution in [0.2, 0.25) is 5.02 Å². The molecular weight excluding hydrogens is 406 g/mol. The Bertz CT molecular complexity index is 722. The predicted molar refractivity (Wildman–Crippen MR) is 104 cm³/mol. The van der Waals surface area contributed by atoms with E-state index in [2.05, 4.69) is 21.2 Å². The van der Waals surface area contributed by atoms with Crippen molar-refractivity contribution in [1.82, 2.24) is 5.32 Å². The lowest BCUT2D eigenvalue weighted by atomic mass is 10.1. The lowest BCUT2D eigenvalue weighted by molar-refractivity contribution is 0.187. The van der Waals surface area contributed by atoms with Crippen molar-refractivity contribution >= 4 is 27.5 Å². The molecule has 2 aromatic rings. The van der Waals surface area contributed by atoms with Crippen LogP contribution in [0.3, 0.4) is 0 Å². The van der Waals surface area contributed by atoms with Crippen molar-refractivity contribution in [2.24, 2.45) is 0 Å². The lowest BCUT2D eigenvalue weighted by Gasteiger charge is -2.24. The maximum atomic E-state index is 9.36. The van der Waals surface area contributed by atoms with Crippen LogP contribution in [-0.2, 0) is 13.2 Å². The van der Waals surface area contributed by atoms with Gasteiger partial charge in [-0.05, 0) is 37.6 Å². The van der Waals surface area contributed by atoms with Crippen LogP contribution in [0.4, 0.5) is 0 Å². The van der Waals surface area contributed by atoms with Crippen LogP contribution in [0.1, 0.15) is 25.0 Å². The molecule has 136 valence electrons. The first-order chi connectivity index (χ1) is 11.9. The van der Waals surface area contributed by atoms with Gasteiger partial charge >= 0.3 is 0 Å². The monoisotopic (exact) mass is 427 g/mol. The van der Waals surface area contributed by atoms with Crippen LogP contribution in [0, 0.1) is 0 Å². The van der Waals surface area contributed by atoms with Gasteiger partial charge in [0.25, 0.3) is 0 Å². The van der Waals surface area contributed by atoms with Crippen LogP contribution in [0.15, 0.2) is 40.9 Å². The maximum absolute atomic E-state index is 9.36. The number of aliphatic hydroxyl groups excluding tert-OH is 1. The predicted octanol–water partition coefficient (Wildman–Crippen LogP) is 4.55. The molecule has 0 saturated heterocycles. The summed E-state index contributed by atoms with van der Waals surface area (Å²) in [5.74, 6) is 1.29. The number of aliphatic hydroxyl groups is 1. The van der Waals surface area contributed by atoms with E-state index < -0.39 is 0 Å².